The Balaban J connectivity index is 1.68. The first-order chi connectivity index (χ1) is 14.7. The number of rotatable bonds is 7. The van der Waals surface area contributed by atoms with Crippen LogP contribution in [-0.2, 0) is 6.42 Å². The van der Waals surface area contributed by atoms with Gasteiger partial charge in [-0.05, 0) is 56.2 Å². The highest BCUT2D eigenvalue weighted by atomic mass is 16.5. The zero-order valence-corrected chi connectivity index (χ0v) is 17.1. The minimum Gasteiger partial charge on any atom is -0.495 e. The van der Waals surface area contributed by atoms with Gasteiger partial charge in [0.25, 0.3) is 0 Å². The van der Waals surface area contributed by atoms with Crippen LogP contribution in [0.25, 0.3) is 0 Å². The Labute approximate surface area is 175 Å². The smallest absolute Gasteiger partial charge is 0.229 e. The molecular weight excluding hydrogens is 380 g/mol. The summed E-state index contributed by atoms with van der Waals surface area (Å²) in [4.78, 5) is 21.9. The second-order valence-electron chi connectivity index (χ2n) is 6.90. The van der Waals surface area contributed by atoms with Gasteiger partial charge in [0.2, 0.25) is 5.95 Å². The van der Waals surface area contributed by atoms with Crippen LogP contribution in [0.1, 0.15) is 35.8 Å². The van der Waals surface area contributed by atoms with E-state index in [2.05, 4.69) is 20.6 Å². The van der Waals surface area contributed by atoms with Crippen molar-refractivity contribution in [3.8, 4) is 11.5 Å². The molecule has 7 heteroatoms. The lowest BCUT2D eigenvalue weighted by atomic mass is 9.95. The number of carbonyl (C=O) groups excluding carboxylic acids is 1. The lowest BCUT2D eigenvalue weighted by Gasteiger charge is -2.20. The lowest BCUT2D eigenvalue weighted by molar-refractivity contribution is 0.0972. The number of fused-ring (bicyclic) bond motifs is 1. The van der Waals surface area contributed by atoms with Gasteiger partial charge in [-0.25, -0.2) is 4.98 Å². The SMILES string of the molecule is CCOc1ccc(Nc2nc3c(c(Nc4ccccc4OC)n2)C(=O)CCC3)cc1. The number of Topliss-reactive ketones (excluding diaryl/α,β-unsaturated/α-hetero) is 1. The van der Waals surface area contributed by atoms with Gasteiger partial charge in [-0.3, -0.25) is 4.79 Å². The van der Waals surface area contributed by atoms with Crippen LogP contribution in [0.3, 0.4) is 0 Å². The summed E-state index contributed by atoms with van der Waals surface area (Å²) >= 11 is 0. The third-order valence-electron chi connectivity index (χ3n) is 4.86. The quantitative estimate of drug-likeness (QED) is 0.580. The zero-order valence-electron chi connectivity index (χ0n) is 17.1. The Morgan fingerprint density at radius 2 is 1.80 bits per heavy atom. The largest absolute Gasteiger partial charge is 0.495 e. The highest BCUT2D eigenvalue weighted by Crippen LogP contribution is 2.32. The van der Waals surface area contributed by atoms with Crippen LogP contribution in [-0.4, -0.2) is 29.5 Å². The van der Waals surface area contributed by atoms with Crippen molar-refractivity contribution in [2.24, 2.45) is 0 Å². The predicted molar refractivity (Wildman–Crippen MR) is 116 cm³/mol. The van der Waals surface area contributed by atoms with Crippen LogP contribution in [0, 0.1) is 0 Å². The molecule has 0 spiro atoms. The fourth-order valence-corrected chi connectivity index (χ4v) is 3.47. The summed E-state index contributed by atoms with van der Waals surface area (Å²) in [7, 11) is 1.61. The average Bonchev–Trinajstić information content (AvgIpc) is 2.76. The zero-order chi connectivity index (χ0) is 20.9. The molecule has 1 aliphatic rings. The van der Waals surface area contributed by atoms with E-state index in [4.69, 9.17) is 9.47 Å². The van der Waals surface area contributed by atoms with Gasteiger partial charge in [-0.2, -0.15) is 4.98 Å². The van der Waals surface area contributed by atoms with Crippen LogP contribution in [0.5, 0.6) is 11.5 Å². The fourth-order valence-electron chi connectivity index (χ4n) is 3.47. The number of nitrogens with one attached hydrogen (secondary N) is 2. The van der Waals surface area contributed by atoms with Gasteiger partial charge in [0.15, 0.2) is 5.78 Å². The Hall–Kier alpha value is -3.61. The first-order valence-electron chi connectivity index (χ1n) is 10.0. The van der Waals surface area contributed by atoms with E-state index in [0.717, 1.165) is 35.7 Å². The molecule has 0 saturated heterocycles. The molecule has 0 radical (unpaired) electrons. The van der Waals surface area contributed by atoms with Crippen molar-refractivity contribution in [3.05, 3.63) is 59.8 Å². The second kappa shape index (κ2) is 8.82. The van der Waals surface area contributed by atoms with E-state index in [0.29, 0.717) is 36.1 Å². The van der Waals surface area contributed by atoms with Crippen LogP contribution >= 0.6 is 0 Å². The first kappa shape index (κ1) is 19.7. The molecule has 1 aliphatic carbocycles. The maximum Gasteiger partial charge on any atom is 0.229 e. The summed E-state index contributed by atoms with van der Waals surface area (Å²) in [5.74, 6) is 2.46. The molecule has 1 aromatic heterocycles. The van der Waals surface area contributed by atoms with Gasteiger partial charge in [0.1, 0.15) is 17.3 Å². The molecular formula is C23H24N4O3. The number of para-hydroxylation sites is 2. The summed E-state index contributed by atoms with van der Waals surface area (Å²) in [6.07, 6.45) is 2.03. The summed E-state index contributed by atoms with van der Waals surface area (Å²) in [6.45, 7) is 2.57. The van der Waals surface area contributed by atoms with Gasteiger partial charge in [0, 0.05) is 12.1 Å². The summed E-state index contributed by atoms with van der Waals surface area (Å²) in [6, 6.07) is 15.1. The molecule has 2 aromatic carbocycles. The maximum atomic E-state index is 12.6. The first-order valence-corrected chi connectivity index (χ1v) is 10.0. The summed E-state index contributed by atoms with van der Waals surface area (Å²) in [5.41, 5.74) is 2.89. The Morgan fingerprint density at radius 1 is 1.00 bits per heavy atom. The van der Waals surface area contributed by atoms with Crippen LogP contribution < -0.4 is 20.1 Å². The van der Waals surface area contributed by atoms with Crippen LogP contribution in [0.15, 0.2) is 48.5 Å². The number of methoxy groups -OCH3 is 1. The Morgan fingerprint density at radius 3 is 2.57 bits per heavy atom. The molecule has 0 amide bonds. The average molecular weight is 404 g/mol. The third-order valence-corrected chi connectivity index (χ3v) is 4.86. The highest BCUT2D eigenvalue weighted by molar-refractivity contribution is 6.03. The van der Waals surface area contributed by atoms with E-state index in [-0.39, 0.29) is 5.78 Å². The van der Waals surface area contributed by atoms with Gasteiger partial charge in [-0.15, -0.1) is 0 Å². The molecule has 3 aromatic rings. The molecule has 0 aliphatic heterocycles. The molecule has 0 fully saturated rings. The number of hydrogen-bond acceptors (Lipinski definition) is 7. The fraction of sp³-hybridized carbons (Fsp3) is 0.261. The van der Waals surface area contributed by atoms with Gasteiger partial charge < -0.3 is 20.1 Å². The number of ether oxygens (including phenoxy) is 2. The van der Waals surface area contributed by atoms with Gasteiger partial charge in [0.05, 0.1) is 30.7 Å². The molecule has 7 nitrogen and oxygen atoms in total. The molecule has 2 N–H and O–H groups in total. The molecule has 1 heterocycles. The summed E-state index contributed by atoms with van der Waals surface area (Å²) in [5, 5.41) is 6.51. The monoisotopic (exact) mass is 404 g/mol. The maximum absolute atomic E-state index is 12.6. The van der Waals surface area contributed by atoms with Crippen molar-refractivity contribution >= 4 is 28.9 Å². The highest BCUT2D eigenvalue weighted by Gasteiger charge is 2.25. The topological polar surface area (TPSA) is 85.4 Å². The number of anilines is 4. The minimum atomic E-state index is 0.0567. The number of hydrogen-bond donors (Lipinski definition) is 2. The molecule has 0 atom stereocenters. The van der Waals surface area contributed by atoms with Crippen LogP contribution in [0.2, 0.25) is 0 Å². The van der Waals surface area contributed by atoms with E-state index in [9.17, 15) is 4.79 Å². The van der Waals surface area contributed by atoms with Crippen molar-refractivity contribution in [2.45, 2.75) is 26.2 Å². The summed E-state index contributed by atoms with van der Waals surface area (Å²) < 4.78 is 10.9. The molecule has 154 valence electrons. The van der Waals surface area contributed by atoms with E-state index < -0.39 is 0 Å². The molecule has 0 unspecified atom stereocenters. The number of aryl methyl sites for hydroxylation is 1. The predicted octanol–water partition coefficient (Wildman–Crippen LogP) is 4.89. The van der Waals surface area contributed by atoms with Gasteiger partial charge >= 0.3 is 0 Å². The molecule has 0 bridgehead atoms. The van der Waals surface area contributed by atoms with Crippen molar-refractivity contribution in [1.82, 2.24) is 9.97 Å². The molecule has 0 saturated carbocycles. The van der Waals surface area contributed by atoms with E-state index in [1.165, 1.54) is 0 Å². The van der Waals surface area contributed by atoms with Gasteiger partial charge in [-0.1, -0.05) is 12.1 Å². The van der Waals surface area contributed by atoms with Crippen molar-refractivity contribution in [1.29, 1.82) is 0 Å². The standard InChI is InChI=1S/C23H24N4O3/c1-3-30-16-13-11-15(12-14-16)24-23-26-18-8-6-9-19(28)21(18)22(27-23)25-17-7-4-5-10-20(17)29-2/h4-5,7,10-14H,3,6,8-9H2,1-2H3,(H2,24,25,26,27). The van der Waals surface area contributed by atoms with E-state index >= 15 is 0 Å². The lowest BCUT2D eigenvalue weighted by Crippen LogP contribution is -2.18. The number of carbonyl (C=O) groups is 1. The van der Waals surface area contributed by atoms with E-state index in [1.54, 1.807) is 7.11 Å². The van der Waals surface area contributed by atoms with Crippen LogP contribution in [0.4, 0.5) is 23.1 Å². The Bertz CT molecular complexity index is 1050. The number of ketones is 1. The third kappa shape index (κ3) is 4.20. The van der Waals surface area contributed by atoms with Crippen molar-refractivity contribution < 1.29 is 14.3 Å². The number of nitrogens with zero attached hydrogens (tertiary/aromatic N) is 2. The molecule has 30 heavy (non-hydrogen) atoms. The van der Waals surface area contributed by atoms with E-state index in [1.807, 2.05) is 55.5 Å². The number of benzene rings is 2. The van der Waals surface area contributed by atoms with Crippen molar-refractivity contribution in [3.63, 3.8) is 0 Å². The normalized spacial score (nSPS) is 12.8. The minimum absolute atomic E-state index is 0.0567. The molecule has 4 rings (SSSR count). The second-order valence-corrected chi connectivity index (χ2v) is 6.90. The Kier molecular flexibility index (Phi) is 5.79. The number of aromatic nitrogens is 2. The van der Waals surface area contributed by atoms with Crippen molar-refractivity contribution in [2.75, 3.05) is 24.4 Å².